The first kappa shape index (κ1) is 28.8. The van der Waals surface area contributed by atoms with Crippen LogP contribution in [0.15, 0.2) is 60.8 Å². The Balaban J connectivity index is 1.95. The average molecular weight is 547 g/mol. The standard InChI is InChI=1S/C25H21F8N3O2/c1-34-23(37)22(15-4-7-17(26)8-5-15)36-19(10-2-14-3-11-21(35-13-14)24(28,29)30)16-6-9-18(27)20(12-16)38-25(31,32)33/h3-9,11-13,19,22,36H,2,10H2,1H3,(H,34,37)/t19-,22-/m1/s1. The van der Waals surface area contributed by atoms with E-state index < -0.39 is 53.6 Å². The Bertz CT molecular complexity index is 1230. The molecule has 1 heterocycles. The van der Waals surface area contributed by atoms with Crippen molar-refractivity contribution in [1.29, 1.82) is 0 Å². The summed E-state index contributed by atoms with van der Waals surface area (Å²) in [5.74, 6) is -3.51. The zero-order valence-corrected chi connectivity index (χ0v) is 19.6. The van der Waals surface area contributed by atoms with Crippen molar-refractivity contribution in [3.8, 4) is 5.75 Å². The van der Waals surface area contributed by atoms with E-state index in [2.05, 4.69) is 20.4 Å². The smallest absolute Gasteiger partial charge is 0.403 e. The number of alkyl halides is 6. The van der Waals surface area contributed by atoms with Crippen LogP contribution in [0.4, 0.5) is 35.1 Å². The molecule has 0 aliphatic heterocycles. The van der Waals surface area contributed by atoms with Crippen LogP contribution in [0.5, 0.6) is 5.75 Å². The Hall–Kier alpha value is -3.74. The normalized spacial score (nSPS) is 13.6. The van der Waals surface area contributed by atoms with Crippen LogP contribution in [-0.4, -0.2) is 24.3 Å². The van der Waals surface area contributed by atoms with Crippen LogP contribution < -0.4 is 15.4 Å². The molecule has 38 heavy (non-hydrogen) atoms. The molecule has 0 saturated carbocycles. The molecule has 0 aliphatic carbocycles. The van der Waals surface area contributed by atoms with Crippen LogP contribution in [0, 0.1) is 11.6 Å². The maximum absolute atomic E-state index is 14.1. The number of ether oxygens (including phenoxy) is 1. The summed E-state index contributed by atoms with van der Waals surface area (Å²) in [6.07, 6.45) is -8.67. The largest absolute Gasteiger partial charge is 0.573 e. The lowest BCUT2D eigenvalue weighted by Gasteiger charge is -2.26. The first-order valence-electron chi connectivity index (χ1n) is 11.1. The summed E-state index contributed by atoms with van der Waals surface area (Å²) in [5.41, 5.74) is -0.307. The number of nitrogens with zero attached hydrogens (tertiary/aromatic N) is 1. The summed E-state index contributed by atoms with van der Waals surface area (Å²) in [5, 5.41) is 5.41. The third-order valence-electron chi connectivity index (χ3n) is 5.50. The lowest BCUT2D eigenvalue weighted by molar-refractivity contribution is -0.275. The minimum Gasteiger partial charge on any atom is -0.403 e. The molecule has 2 N–H and O–H groups in total. The van der Waals surface area contributed by atoms with Crippen molar-refractivity contribution in [2.75, 3.05) is 7.05 Å². The van der Waals surface area contributed by atoms with Crippen LogP contribution in [0.2, 0.25) is 0 Å². The lowest BCUT2D eigenvalue weighted by Crippen LogP contribution is -2.38. The number of pyridine rings is 1. The number of carbonyl (C=O) groups is 1. The number of likely N-dealkylation sites (N-methyl/N-ethyl adjacent to an activating group) is 1. The van der Waals surface area contributed by atoms with E-state index in [9.17, 15) is 39.9 Å². The number of aromatic nitrogens is 1. The van der Waals surface area contributed by atoms with Gasteiger partial charge >= 0.3 is 12.5 Å². The lowest BCUT2D eigenvalue weighted by atomic mass is 9.96. The second kappa shape index (κ2) is 11.8. The second-order valence-corrected chi connectivity index (χ2v) is 8.14. The minimum absolute atomic E-state index is 0.0405. The predicted molar refractivity (Wildman–Crippen MR) is 120 cm³/mol. The number of amides is 1. The molecule has 2 aromatic carbocycles. The highest BCUT2D eigenvalue weighted by Crippen LogP contribution is 2.32. The van der Waals surface area contributed by atoms with Crippen molar-refractivity contribution in [2.45, 2.75) is 37.5 Å². The molecule has 1 amide bonds. The number of rotatable bonds is 9. The number of benzene rings is 2. The van der Waals surface area contributed by atoms with Crippen LogP contribution >= 0.6 is 0 Å². The molecule has 3 aromatic rings. The molecule has 0 radical (unpaired) electrons. The monoisotopic (exact) mass is 547 g/mol. The molecule has 204 valence electrons. The van der Waals surface area contributed by atoms with Gasteiger partial charge in [-0.3, -0.25) is 15.1 Å². The van der Waals surface area contributed by atoms with E-state index in [4.69, 9.17) is 0 Å². The van der Waals surface area contributed by atoms with Gasteiger partial charge in [-0.15, -0.1) is 13.2 Å². The Kier molecular flexibility index (Phi) is 8.92. The maximum atomic E-state index is 14.1. The van der Waals surface area contributed by atoms with E-state index in [0.29, 0.717) is 11.1 Å². The van der Waals surface area contributed by atoms with Crippen molar-refractivity contribution in [3.05, 3.63) is 94.8 Å². The SMILES string of the molecule is CNC(=O)[C@H](N[C@H](CCc1ccc(C(F)(F)F)nc1)c1ccc(F)c(OC(F)(F)F)c1)c1ccc(F)cc1. The van der Waals surface area contributed by atoms with Crippen molar-refractivity contribution in [2.24, 2.45) is 0 Å². The zero-order chi connectivity index (χ0) is 28.1. The number of carbonyl (C=O) groups excluding carboxylic acids is 1. The van der Waals surface area contributed by atoms with Gasteiger partial charge in [0, 0.05) is 19.3 Å². The highest BCUT2D eigenvalue weighted by atomic mass is 19.4. The highest BCUT2D eigenvalue weighted by molar-refractivity contribution is 5.83. The Morgan fingerprint density at radius 3 is 2.16 bits per heavy atom. The van der Waals surface area contributed by atoms with Gasteiger partial charge in [-0.25, -0.2) is 8.78 Å². The molecule has 0 fully saturated rings. The molecule has 3 rings (SSSR count). The third-order valence-corrected chi connectivity index (χ3v) is 5.50. The van der Waals surface area contributed by atoms with Gasteiger partial charge in [0.1, 0.15) is 17.6 Å². The minimum atomic E-state index is -5.17. The number of aryl methyl sites for hydroxylation is 1. The predicted octanol–water partition coefficient (Wildman–Crippen LogP) is 6.03. The molecular formula is C25H21F8N3O2. The summed E-state index contributed by atoms with van der Waals surface area (Å²) in [7, 11) is 1.34. The van der Waals surface area contributed by atoms with Gasteiger partial charge in [-0.2, -0.15) is 13.2 Å². The molecule has 13 heteroatoms. The first-order chi connectivity index (χ1) is 17.8. The van der Waals surface area contributed by atoms with Crippen molar-refractivity contribution < 1.29 is 44.7 Å². The van der Waals surface area contributed by atoms with Crippen LogP contribution in [0.1, 0.15) is 40.9 Å². The summed E-state index contributed by atoms with van der Waals surface area (Å²) in [4.78, 5) is 16.0. The Morgan fingerprint density at radius 2 is 1.61 bits per heavy atom. The summed E-state index contributed by atoms with van der Waals surface area (Å²) in [6.45, 7) is 0. The third kappa shape index (κ3) is 7.88. The molecule has 0 bridgehead atoms. The van der Waals surface area contributed by atoms with Crippen molar-refractivity contribution in [3.63, 3.8) is 0 Å². The number of hydrogen-bond donors (Lipinski definition) is 2. The van der Waals surface area contributed by atoms with Crippen LogP contribution in [-0.2, 0) is 17.4 Å². The fourth-order valence-electron chi connectivity index (χ4n) is 3.66. The van der Waals surface area contributed by atoms with Crippen LogP contribution in [0.25, 0.3) is 0 Å². The molecule has 0 saturated heterocycles. The number of nitrogens with one attached hydrogen (secondary N) is 2. The van der Waals surface area contributed by atoms with E-state index in [-0.39, 0.29) is 18.4 Å². The zero-order valence-electron chi connectivity index (χ0n) is 19.6. The fraction of sp³-hybridized carbons (Fsp3) is 0.280. The van der Waals surface area contributed by atoms with E-state index in [1.807, 2.05) is 0 Å². The summed E-state index contributed by atoms with van der Waals surface area (Å²) < 4.78 is 108. The van der Waals surface area contributed by atoms with Crippen molar-refractivity contribution >= 4 is 5.91 Å². The van der Waals surface area contributed by atoms with Gasteiger partial charge in [0.25, 0.3) is 0 Å². The first-order valence-corrected chi connectivity index (χ1v) is 11.1. The number of hydrogen-bond acceptors (Lipinski definition) is 4. The van der Waals surface area contributed by atoms with Gasteiger partial charge in [0.2, 0.25) is 5.91 Å². The van der Waals surface area contributed by atoms with Crippen molar-refractivity contribution in [1.82, 2.24) is 15.6 Å². The Morgan fingerprint density at radius 1 is 0.947 bits per heavy atom. The topological polar surface area (TPSA) is 63.2 Å². The molecule has 0 spiro atoms. The van der Waals surface area contributed by atoms with Gasteiger partial charge < -0.3 is 10.1 Å². The van der Waals surface area contributed by atoms with Crippen LogP contribution in [0.3, 0.4) is 0 Å². The van der Waals surface area contributed by atoms with Gasteiger partial charge in [0.15, 0.2) is 11.6 Å². The quantitative estimate of drug-likeness (QED) is 0.322. The van der Waals surface area contributed by atoms with Gasteiger partial charge in [0.05, 0.1) is 0 Å². The summed E-state index contributed by atoms with van der Waals surface area (Å²) >= 11 is 0. The van der Waals surface area contributed by atoms with E-state index in [1.54, 1.807) is 0 Å². The van der Waals surface area contributed by atoms with Gasteiger partial charge in [-0.05, 0) is 59.9 Å². The maximum Gasteiger partial charge on any atom is 0.573 e. The fourth-order valence-corrected chi connectivity index (χ4v) is 3.66. The molecule has 2 atom stereocenters. The van der Waals surface area contributed by atoms with E-state index in [1.165, 1.54) is 31.3 Å². The summed E-state index contributed by atoms with van der Waals surface area (Å²) in [6, 6.07) is 7.61. The van der Waals surface area contributed by atoms with E-state index >= 15 is 0 Å². The van der Waals surface area contributed by atoms with E-state index in [0.717, 1.165) is 36.5 Å². The molecule has 0 aliphatic rings. The Labute approximate surface area is 211 Å². The van der Waals surface area contributed by atoms with Gasteiger partial charge in [-0.1, -0.05) is 24.3 Å². The molecular weight excluding hydrogens is 526 g/mol. The molecule has 1 aromatic heterocycles. The molecule has 0 unspecified atom stereocenters. The number of halogens is 8. The highest BCUT2D eigenvalue weighted by Gasteiger charge is 2.34. The second-order valence-electron chi connectivity index (χ2n) is 8.14. The molecule has 5 nitrogen and oxygen atoms in total. The average Bonchev–Trinajstić information content (AvgIpc) is 2.85.